The molecule has 0 spiro atoms. The molecule has 0 saturated carbocycles. The van der Waals surface area contributed by atoms with Gasteiger partial charge in [-0.05, 0) is 31.8 Å². The Labute approximate surface area is 122 Å². The van der Waals surface area contributed by atoms with Crippen LogP contribution >= 0.6 is 11.3 Å². The number of carbonyl (C=O) groups is 2. The Balaban J connectivity index is 1.98. The molecule has 0 radical (unpaired) electrons. The molecule has 1 unspecified atom stereocenters. The molecule has 1 aliphatic heterocycles. The van der Waals surface area contributed by atoms with Crippen LogP contribution in [0.15, 0.2) is 11.6 Å². The van der Waals surface area contributed by atoms with Crippen LogP contribution in [0.1, 0.15) is 30.8 Å². The first-order valence-corrected chi connectivity index (χ1v) is 7.61. The number of nitrogens with zero attached hydrogens (tertiary/aromatic N) is 2. The molecule has 110 valence electrons. The first kappa shape index (κ1) is 14.9. The second-order valence-electron chi connectivity index (χ2n) is 5.13. The van der Waals surface area contributed by atoms with Crippen LogP contribution in [0.4, 0.5) is 0 Å². The van der Waals surface area contributed by atoms with Crippen LogP contribution in [0.5, 0.6) is 0 Å². The lowest BCUT2D eigenvalue weighted by Gasteiger charge is -2.35. The van der Waals surface area contributed by atoms with E-state index < -0.39 is 0 Å². The van der Waals surface area contributed by atoms with Crippen LogP contribution in [0.25, 0.3) is 0 Å². The van der Waals surface area contributed by atoms with Crippen LogP contribution in [-0.4, -0.2) is 41.3 Å². The standard InChI is InChI=1S/C13H20N4O2S/c1-9(18)16-12(13-15-4-7-20-13)10-2-5-17(6-3-10)8-11(14)19/h4,7,10,12H,2-3,5-6,8H2,1H3,(H2,14,19)(H,16,18). The summed E-state index contributed by atoms with van der Waals surface area (Å²) < 4.78 is 0. The molecule has 0 aromatic carbocycles. The number of amides is 2. The van der Waals surface area contributed by atoms with Gasteiger partial charge in [0.25, 0.3) is 0 Å². The summed E-state index contributed by atoms with van der Waals surface area (Å²) in [5.41, 5.74) is 5.21. The van der Waals surface area contributed by atoms with Crippen molar-refractivity contribution < 1.29 is 9.59 Å². The summed E-state index contributed by atoms with van der Waals surface area (Å²) in [6.07, 6.45) is 3.62. The molecule has 0 aliphatic carbocycles. The van der Waals surface area contributed by atoms with Crippen molar-refractivity contribution in [2.75, 3.05) is 19.6 Å². The van der Waals surface area contributed by atoms with Gasteiger partial charge in [0.1, 0.15) is 5.01 Å². The second-order valence-corrected chi connectivity index (χ2v) is 6.05. The molecule has 1 saturated heterocycles. The van der Waals surface area contributed by atoms with E-state index in [-0.39, 0.29) is 17.9 Å². The highest BCUT2D eigenvalue weighted by Gasteiger charge is 2.30. The van der Waals surface area contributed by atoms with E-state index in [2.05, 4.69) is 15.2 Å². The Morgan fingerprint density at radius 1 is 1.55 bits per heavy atom. The smallest absolute Gasteiger partial charge is 0.231 e. The van der Waals surface area contributed by atoms with E-state index in [1.54, 1.807) is 17.5 Å². The van der Waals surface area contributed by atoms with Gasteiger partial charge in [-0.2, -0.15) is 0 Å². The maximum Gasteiger partial charge on any atom is 0.231 e. The normalized spacial score (nSPS) is 18.6. The van der Waals surface area contributed by atoms with Crippen molar-refractivity contribution in [1.29, 1.82) is 0 Å². The Bertz CT molecular complexity index is 455. The third-order valence-electron chi connectivity index (χ3n) is 3.56. The SMILES string of the molecule is CC(=O)NC(c1nccs1)C1CCN(CC(N)=O)CC1. The van der Waals surface area contributed by atoms with Crippen LogP contribution in [0.2, 0.25) is 0 Å². The van der Waals surface area contributed by atoms with Crippen molar-refractivity contribution >= 4 is 23.2 Å². The van der Waals surface area contributed by atoms with Gasteiger partial charge in [0.15, 0.2) is 0 Å². The quantitative estimate of drug-likeness (QED) is 0.829. The zero-order chi connectivity index (χ0) is 14.5. The van der Waals surface area contributed by atoms with Gasteiger partial charge in [0, 0.05) is 18.5 Å². The largest absolute Gasteiger partial charge is 0.369 e. The number of piperidine rings is 1. The molecule has 2 rings (SSSR count). The van der Waals surface area contributed by atoms with Crippen LogP contribution < -0.4 is 11.1 Å². The van der Waals surface area contributed by atoms with Gasteiger partial charge in [-0.15, -0.1) is 11.3 Å². The summed E-state index contributed by atoms with van der Waals surface area (Å²) in [5, 5.41) is 5.88. The first-order valence-electron chi connectivity index (χ1n) is 6.73. The molecule has 6 nitrogen and oxygen atoms in total. The fourth-order valence-electron chi connectivity index (χ4n) is 2.65. The van der Waals surface area contributed by atoms with Crippen molar-refractivity contribution in [3.05, 3.63) is 16.6 Å². The van der Waals surface area contributed by atoms with Gasteiger partial charge in [0.05, 0.1) is 12.6 Å². The zero-order valence-corrected chi connectivity index (χ0v) is 12.4. The molecule has 0 bridgehead atoms. The Hall–Kier alpha value is -1.47. The molecule has 1 aliphatic rings. The van der Waals surface area contributed by atoms with Gasteiger partial charge in [0.2, 0.25) is 11.8 Å². The van der Waals surface area contributed by atoms with Gasteiger partial charge in [-0.1, -0.05) is 0 Å². The molecule has 7 heteroatoms. The Morgan fingerprint density at radius 3 is 2.75 bits per heavy atom. The number of thiazole rings is 1. The zero-order valence-electron chi connectivity index (χ0n) is 11.5. The number of nitrogens with one attached hydrogen (secondary N) is 1. The number of primary amides is 1. The fourth-order valence-corrected chi connectivity index (χ4v) is 3.43. The highest BCUT2D eigenvalue weighted by molar-refractivity contribution is 7.09. The monoisotopic (exact) mass is 296 g/mol. The second kappa shape index (κ2) is 6.81. The number of aromatic nitrogens is 1. The number of rotatable bonds is 5. The van der Waals surface area contributed by atoms with Crippen molar-refractivity contribution in [2.45, 2.75) is 25.8 Å². The van der Waals surface area contributed by atoms with E-state index in [9.17, 15) is 9.59 Å². The molecule has 1 atom stereocenters. The van der Waals surface area contributed by atoms with Crippen molar-refractivity contribution in [3.63, 3.8) is 0 Å². The third-order valence-corrected chi connectivity index (χ3v) is 4.42. The average Bonchev–Trinajstić information content (AvgIpc) is 2.90. The molecule has 3 N–H and O–H groups in total. The molecule has 1 aromatic heterocycles. The lowest BCUT2D eigenvalue weighted by molar-refractivity contribution is -0.120. The number of hydrogen-bond acceptors (Lipinski definition) is 5. The van der Waals surface area contributed by atoms with E-state index >= 15 is 0 Å². The summed E-state index contributed by atoms with van der Waals surface area (Å²) in [5.74, 6) is 0.0285. The molecule has 1 fully saturated rings. The summed E-state index contributed by atoms with van der Waals surface area (Å²) in [4.78, 5) is 28.7. The van der Waals surface area contributed by atoms with Crippen LogP contribution in [0.3, 0.4) is 0 Å². The number of nitrogens with two attached hydrogens (primary N) is 1. The summed E-state index contributed by atoms with van der Waals surface area (Å²) in [6, 6.07) is -0.0248. The number of carbonyl (C=O) groups excluding carboxylic acids is 2. The summed E-state index contributed by atoms with van der Waals surface area (Å²) in [6.45, 7) is 3.50. The maximum atomic E-state index is 11.4. The fraction of sp³-hybridized carbons (Fsp3) is 0.615. The lowest BCUT2D eigenvalue weighted by atomic mass is 9.89. The minimum Gasteiger partial charge on any atom is -0.369 e. The molecule has 1 aromatic rings. The molecule has 2 amide bonds. The topological polar surface area (TPSA) is 88.3 Å². The van der Waals surface area contributed by atoms with Crippen LogP contribution in [-0.2, 0) is 9.59 Å². The molecule has 2 heterocycles. The minimum absolute atomic E-state index is 0.0248. The van der Waals surface area contributed by atoms with Gasteiger partial charge in [-0.25, -0.2) is 4.98 Å². The maximum absolute atomic E-state index is 11.4. The molecule has 20 heavy (non-hydrogen) atoms. The number of hydrogen-bond donors (Lipinski definition) is 2. The van der Waals surface area contributed by atoms with E-state index in [1.807, 2.05) is 5.38 Å². The number of likely N-dealkylation sites (tertiary alicyclic amines) is 1. The van der Waals surface area contributed by atoms with E-state index in [0.717, 1.165) is 30.9 Å². The van der Waals surface area contributed by atoms with E-state index in [0.29, 0.717) is 12.5 Å². The predicted octanol–water partition coefficient (Wildman–Crippen LogP) is 0.518. The lowest BCUT2D eigenvalue weighted by Crippen LogP contribution is -2.43. The first-order chi connectivity index (χ1) is 9.56. The van der Waals surface area contributed by atoms with E-state index in [1.165, 1.54) is 6.92 Å². The van der Waals surface area contributed by atoms with Gasteiger partial charge >= 0.3 is 0 Å². The minimum atomic E-state index is -0.290. The van der Waals surface area contributed by atoms with Crippen molar-refractivity contribution in [2.24, 2.45) is 11.7 Å². The predicted molar refractivity (Wildman–Crippen MR) is 77.0 cm³/mol. The van der Waals surface area contributed by atoms with Crippen molar-refractivity contribution in [3.8, 4) is 0 Å². The van der Waals surface area contributed by atoms with Gasteiger partial charge < -0.3 is 11.1 Å². The molecular formula is C13H20N4O2S. The Morgan fingerprint density at radius 2 is 2.25 bits per heavy atom. The van der Waals surface area contributed by atoms with Crippen LogP contribution in [0, 0.1) is 5.92 Å². The highest BCUT2D eigenvalue weighted by atomic mass is 32.1. The third kappa shape index (κ3) is 4.01. The van der Waals surface area contributed by atoms with Gasteiger partial charge in [-0.3, -0.25) is 14.5 Å². The average molecular weight is 296 g/mol. The Kier molecular flexibility index (Phi) is 5.08. The van der Waals surface area contributed by atoms with E-state index in [4.69, 9.17) is 5.73 Å². The summed E-state index contributed by atoms with van der Waals surface area (Å²) in [7, 11) is 0. The summed E-state index contributed by atoms with van der Waals surface area (Å²) >= 11 is 1.56. The molecular weight excluding hydrogens is 276 g/mol. The van der Waals surface area contributed by atoms with Crippen molar-refractivity contribution in [1.82, 2.24) is 15.2 Å². The highest BCUT2D eigenvalue weighted by Crippen LogP contribution is 2.31.